The minimum Gasteiger partial charge on any atom is -0.480 e. The van der Waals surface area contributed by atoms with Gasteiger partial charge in [-0.3, -0.25) is 14.5 Å². The average Bonchev–Trinajstić information content (AvgIpc) is 2.29. The van der Waals surface area contributed by atoms with E-state index in [1.54, 1.807) is 4.90 Å². The summed E-state index contributed by atoms with van der Waals surface area (Å²) in [5.41, 5.74) is 0. The van der Waals surface area contributed by atoms with Gasteiger partial charge in [0.2, 0.25) is 5.91 Å². The number of carboxylic acids is 1. The number of rotatable bonds is 6. The van der Waals surface area contributed by atoms with E-state index in [1.807, 2.05) is 11.8 Å². The lowest BCUT2D eigenvalue weighted by Gasteiger charge is -2.29. The number of nitrogens with zero attached hydrogens (tertiary/aromatic N) is 2. The summed E-state index contributed by atoms with van der Waals surface area (Å²) in [5.74, 6) is -0.802. The molecule has 0 atom stereocenters. The number of carbonyl (C=O) groups excluding carboxylic acids is 1. The van der Waals surface area contributed by atoms with Crippen molar-refractivity contribution in [2.75, 3.05) is 32.7 Å². The van der Waals surface area contributed by atoms with Crippen LogP contribution in [0, 0.1) is 0 Å². The molecular weight excluding hydrogens is 220 g/mol. The molecule has 0 spiro atoms. The zero-order chi connectivity index (χ0) is 12.7. The van der Waals surface area contributed by atoms with E-state index in [0.717, 1.165) is 32.4 Å². The molecule has 1 rings (SSSR count). The first-order chi connectivity index (χ1) is 8.13. The normalized spacial score (nSPS) is 16.2. The zero-order valence-electron chi connectivity index (χ0n) is 10.5. The van der Waals surface area contributed by atoms with Crippen molar-refractivity contribution in [1.82, 2.24) is 9.80 Å². The Balaban J connectivity index is 2.41. The highest BCUT2D eigenvalue weighted by molar-refractivity contribution is 5.79. The lowest BCUT2D eigenvalue weighted by Crippen LogP contribution is -2.44. The maximum Gasteiger partial charge on any atom is 0.317 e. The molecule has 0 aromatic rings. The molecule has 1 saturated heterocycles. The van der Waals surface area contributed by atoms with E-state index in [2.05, 4.69) is 0 Å². The number of likely N-dealkylation sites (tertiary alicyclic amines) is 1. The third-order valence-electron chi connectivity index (χ3n) is 2.97. The van der Waals surface area contributed by atoms with Crippen LogP contribution < -0.4 is 0 Å². The summed E-state index contributed by atoms with van der Waals surface area (Å²) in [6.07, 6.45) is 4.19. The van der Waals surface area contributed by atoms with Crippen molar-refractivity contribution >= 4 is 11.9 Å². The Kier molecular flexibility index (Phi) is 5.97. The summed E-state index contributed by atoms with van der Waals surface area (Å²) in [5, 5.41) is 8.77. The van der Waals surface area contributed by atoms with Gasteiger partial charge in [0.25, 0.3) is 0 Å². The second-order valence-corrected chi connectivity index (χ2v) is 4.55. The van der Waals surface area contributed by atoms with Crippen molar-refractivity contribution in [3.05, 3.63) is 0 Å². The van der Waals surface area contributed by atoms with Crippen molar-refractivity contribution in [2.45, 2.75) is 32.6 Å². The second kappa shape index (κ2) is 7.27. The molecule has 17 heavy (non-hydrogen) atoms. The molecular formula is C12H22N2O3. The highest BCUT2D eigenvalue weighted by Crippen LogP contribution is 2.09. The van der Waals surface area contributed by atoms with E-state index < -0.39 is 5.97 Å². The molecule has 1 heterocycles. The number of piperidine rings is 1. The van der Waals surface area contributed by atoms with Crippen LogP contribution in [-0.2, 0) is 9.59 Å². The molecule has 1 fully saturated rings. The Morgan fingerprint density at radius 1 is 1.18 bits per heavy atom. The van der Waals surface area contributed by atoms with Gasteiger partial charge in [-0.1, -0.05) is 6.92 Å². The summed E-state index contributed by atoms with van der Waals surface area (Å²) in [7, 11) is 0. The molecule has 5 heteroatoms. The summed E-state index contributed by atoms with van der Waals surface area (Å²) in [6.45, 7) is 4.48. The largest absolute Gasteiger partial charge is 0.480 e. The van der Waals surface area contributed by atoms with Gasteiger partial charge in [0.05, 0.1) is 13.1 Å². The first-order valence-corrected chi connectivity index (χ1v) is 6.35. The minimum absolute atomic E-state index is 0.0482. The molecule has 0 aliphatic carbocycles. The molecule has 0 aromatic carbocycles. The molecule has 0 unspecified atom stereocenters. The van der Waals surface area contributed by atoms with Gasteiger partial charge in [-0.05, 0) is 32.2 Å². The molecule has 0 saturated carbocycles. The van der Waals surface area contributed by atoms with E-state index in [1.165, 1.54) is 6.42 Å². The van der Waals surface area contributed by atoms with Gasteiger partial charge >= 0.3 is 5.97 Å². The maximum atomic E-state index is 12.0. The lowest BCUT2D eigenvalue weighted by atomic mass is 10.1. The van der Waals surface area contributed by atoms with Crippen LogP contribution >= 0.6 is 0 Å². The Bertz CT molecular complexity index is 262. The number of carbonyl (C=O) groups is 2. The van der Waals surface area contributed by atoms with Gasteiger partial charge in [0.1, 0.15) is 0 Å². The SMILES string of the molecule is CCCN(CC(=O)O)CC(=O)N1CCCCC1. The number of carboxylic acid groups (broad SMARTS) is 1. The molecule has 0 radical (unpaired) electrons. The fraction of sp³-hybridized carbons (Fsp3) is 0.833. The van der Waals surface area contributed by atoms with Gasteiger partial charge in [-0.2, -0.15) is 0 Å². The number of aliphatic carboxylic acids is 1. The topological polar surface area (TPSA) is 60.9 Å². The smallest absolute Gasteiger partial charge is 0.317 e. The predicted molar refractivity (Wildman–Crippen MR) is 64.8 cm³/mol. The van der Waals surface area contributed by atoms with Gasteiger partial charge < -0.3 is 10.0 Å². The van der Waals surface area contributed by atoms with E-state index in [-0.39, 0.29) is 19.0 Å². The van der Waals surface area contributed by atoms with Gasteiger partial charge in [-0.25, -0.2) is 0 Å². The maximum absolute atomic E-state index is 12.0. The van der Waals surface area contributed by atoms with Gasteiger partial charge in [0, 0.05) is 13.1 Å². The monoisotopic (exact) mass is 242 g/mol. The third kappa shape index (κ3) is 5.17. The van der Waals surface area contributed by atoms with Gasteiger partial charge in [-0.15, -0.1) is 0 Å². The van der Waals surface area contributed by atoms with E-state index in [0.29, 0.717) is 6.54 Å². The van der Waals surface area contributed by atoms with Crippen molar-refractivity contribution in [3.8, 4) is 0 Å². The molecule has 1 aliphatic heterocycles. The molecule has 1 aliphatic rings. The van der Waals surface area contributed by atoms with E-state index in [4.69, 9.17) is 5.11 Å². The number of hydrogen-bond donors (Lipinski definition) is 1. The van der Waals surface area contributed by atoms with E-state index in [9.17, 15) is 9.59 Å². The van der Waals surface area contributed by atoms with Crippen LogP contribution in [0.5, 0.6) is 0 Å². The fourth-order valence-corrected chi connectivity index (χ4v) is 2.16. The molecule has 98 valence electrons. The van der Waals surface area contributed by atoms with Crippen molar-refractivity contribution in [1.29, 1.82) is 0 Å². The summed E-state index contributed by atoms with van der Waals surface area (Å²) < 4.78 is 0. The summed E-state index contributed by atoms with van der Waals surface area (Å²) in [6, 6.07) is 0. The van der Waals surface area contributed by atoms with Crippen LogP contribution in [-0.4, -0.2) is 59.5 Å². The van der Waals surface area contributed by atoms with E-state index >= 15 is 0 Å². The molecule has 1 N–H and O–H groups in total. The van der Waals surface area contributed by atoms with Crippen LogP contribution in [0.15, 0.2) is 0 Å². The van der Waals surface area contributed by atoms with Crippen LogP contribution in [0.2, 0.25) is 0 Å². The van der Waals surface area contributed by atoms with Gasteiger partial charge in [0.15, 0.2) is 0 Å². The first kappa shape index (κ1) is 14.0. The standard InChI is InChI=1S/C12H22N2O3/c1-2-6-13(10-12(16)17)9-11(15)14-7-4-3-5-8-14/h2-10H2,1H3,(H,16,17). The Morgan fingerprint density at radius 3 is 2.35 bits per heavy atom. The highest BCUT2D eigenvalue weighted by Gasteiger charge is 2.19. The van der Waals surface area contributed by atoms with Crippen LogP contribution in [0.3, 0.4) is 0 Å². The Labute approximate surface area is 102 Å². The molecule has 5 nitrogen and oxygen atoms in total. The fourth-order valence-electron chi connectivity index (χ4n) is 2.16. The first-order valence-electron chi connectivity index (χ1n) is 6.35. The number of hydrogen-bond acceptors (Lipinski definition) is 3. The van der Waals surface area contributed by atoms with Crippen molar-refractivity contribution in [2.24, 2.45) is 0 Å². The third-order valence-corrected chi connectivity index (χ3v) is 2.97. The second-order valence-electron chi connectivity index (χ2n) is 4.55. The quantitative estimate of drug-likeness (QED) is 0.748. The summed E-state index contributed by atoms with van der Waals surface area (Å²) >= 11 is 0. The molecule has 1 amide bonds. The summed E-state index contributed by atoms with van der Waals surface area (Å²) in [4.78, 5) is 26.2. The lowest BCUT2D eigenvalue weighted by molar-refractivity contribution is -0.140. The molecule has 0 bridgehead atoms. The highest BCUT2D eigenvalue weighted by atomic mass is 16.4. The van der Waals surface area contributed by atoms with Crippen LogP contribution in [0.4, 0.5) is 0 Å². The molecule has 0 aromatic heterocycles. The predicted octanol–water partition coefficient (Wildman–Crippen LogP) is 0.795. The van der Waals surface area contributed by atoms with Crippen molar-refractivity contribution in [3.63, 3.8) is 0 Å². The Hall–Kier alpha value is -1.10. The Morgan fingerprint density at radius 2 is 1.82 bits per heavy atom. The van der Waals surface area contributed by atoms with Crippen LogP contribution in [0.25, 0.3) is 0 Å². The average molecular weight is 242 g/mol. The van der Waals surface area contributed by atoms with Crippen molar-refractivity contribution < 1.29 is 14.7 Å². The zero-order valence-corrected chi connectivity index (χ0v) is 10.5. The minimum atomic E-state index is -0.870. The van der Waals surface area contributed by atoms with Crippen LogP contribution in [0.1, 0.15) is 32.6 Å². The number of amides is 1.